The molecule has 1 N–H and O–H groups in total. The van der Waals surface area contributed by atoms with Crippen molar-refractivity contribution in [2.75, 3.05) is 38.1 Å². The van der Waals surface area contributed by atoms with Gasteiger partial charge in [-0.3, -0.25) is 19.7 Å². The van der Waals surface area contributed by atoms with Crippen LogP contribution >= 0.6 is 0 Å². The maximum Gasteiger partial charge on any atom is 0.274 e. The summed E-state index contributed by atoms with van der Waals surface area (Å²) in [5.41, 5.74) is 1.23. The first-order chi connectivity index (χ1) is 14.8. The molecule has 1 heterocycles. The Labute approximate surface area is 178 Å². The molecule has 1 fully saturated rings. The highest BCUT2D eigenvalue weighted by Crippen LogP contribution is 2.42. The number of aryl methyl sites for hydroxylation is 1. The van der Waals surface area contributed by atoms with Crippen LogP contribution in [0.5, 0.6) is 17.2 Å². The number of benzene rings is 2. The molecule has 2 amide bonds. The molecule has 1 atom stereocenters. The molecule has 3 rings (SSSR count). The summed E-state index contributed by atoms with van der Waals surface area (Å²) in [6.45, 7) is 1.77. The number of hydrogen-bond acceptors (Lipinski definition) is 7. The van der Waals surface area contributed by atoms with Gasteiger partial charge in [0.05, 0.1) is 37.9 Å². The fraction of sp³-hybridized carbons (Fsp3) is 0.333. The van der Waals surface area contributed by atoms with Crippen molar-refractivity contribution in [3.05, 3.63) is 46.0 Å². The van der Waals surface area contributed by atoms with Crippen molar-refractivity contribution >= 4 is 28.9 Å². The Hall–Kier alpha value is -3.82. The Morgan fingerprint density at radius 1 is 1.13 bits per heavy atom. The van der Waals surface area contributed by atoms with Crippen LogP contribution in [0.25, 0.3) is 0 Å². The van der Waals surface area contributed by atoms with Crippen LogP contribution < -0.4 is 24.4 Å². The van der Waals surface area contributed by atoms with Crippen LogP contribution in [0.2, 0.25) is 0 Å². The number of carbonyl (C=O) groups is 2. The highest BCUT2D eigenvalue weighted by atomic mass is 16.6. The maximum atomic E-state index is 12.7. The summed E-state index contributed by atoms with van der Waals surface area (Å²) in [7, 11) is 4.44. The smallest absolute Gasteiger partial charge is 0.274 e. The molecule has 0 spiro atoms. The molecule has 1 saturated heterocycles. The summed E-state index contributed by atoms with van der Waals surface area (Å²) in [6, 6.07) is 7.75. The van der Waals surface area contributed by atoms with Gasteiger partial charge in [-0.25, -0.2) is 0 Å². The molecule has 0 aromatic heterocycles. The van der Waals surface area contributed by atoms with Gasteiger partial charge in [0.2, 0.25) is 17.6 Å². The van der Waals surface area contributed by atoms with E-state index in [1.165, 1.54) is 32.3 Å². The van der Waals surface area contributed by atoms with Crippen molar-refractivity contribution in [3.8, 4) is 17.2 Å². The first-order valence-corrected chi connectivity index (χ1v) is 9.45. The number of nitrogens with zero attached hydrogens (tertiary/aromatic N) is 2. The lowest BCUT2D eigenvalue weighted by molar-refractivity contribution is -0.385. The Morgan fingerprint density at radius 3 is 2.32 bits per heavy atom. The predicted octanol–water partition coefficient (Wildman–Crippen LogP) is 2.92. The van der Waals surface area contributed by atoms with Gasteiger partial charge in [-0.2, -0.15) is 0 Å². The molecule has 10 nitrogen and oxygen atoms in total. The summed E-state index contributed by atoms with van der Waals surface area (Å²) in [6.07, 6.45) is 0.0104. The molecule has 0 bridgehead atoms. The van der Waals surface area contributed by atoms with Gasteiger partial charge < -0.3 is 24.4 Å². The maximum absolute atomic E-state index is 12.7. The molecule has 0 radical (unpaired) electrons. The lowest BCUT2D eigenvalue weighted by Gasteiger charge is -2.20. The number of amides is 2. The summed E-state index contributed by atoms with van der Waals surface area (Å²) in [5.74, 6) is -0.0533. The van der Waals surface area contributed by atoms with E-state index in [4.69, 9.17) is 14.2 Å². The van der Waals surface area contributed by atoms with Gasteiger partial charge in [-0.1, -0.05) is 6.07 Å². The Kier molecular flexibility index (Phi) is 6.28. The standard InChI is InChI=1S/C21H23N3O7/c1-12-5-6-14(8-16(12)24(27)28)22-21(26)13-7-19(25)23(11-13)15-9-17(29-2)20(31-4)18(10-15)30-3/h5-6,8-10,13H,7,11H2,1-4H3,(H,22,26). The third-order valence-electron chi connectivity index (χ3n) is 5.13. The fourth-order valence-corrected chi connectivity index (χ4v) is 3.48. The highest BCUT2D eigenvalue weighted by molar-refractivity contribution is 6.04. The van der Waals surface area contributed by atoms with Crippen LogP contribution in [-0.4, -0.2) is 44.6 Å². The number of nitro groups is 1. The highest BCUT2D eigenvalue weighted by Gasteiger charge is 2.36. The zero-order chi connectivity index (χ0) is 22.7. The van der Waals surface area contributed by atoms with Crippen LogP contribution in [0, 0.1) is 23.0 Å². The van der Waals surface area contributed by atoms with E-state index in [9.17, 15) is 19.7 Å². The van der Waals surface area contributed by atoms with Gasteiger partial charge in [0.1, 0.15) is 0 Å². The number of anilines is 2. The topological polar surface area (TPSA) is 120 Å². The van der Waals surface area contributed by atoms with Crippen LogP contribution in [0.3, 0.4) is 0 Å². The van der Waals surface area contributed by atoms with E-state index in [0.717, 1.165) is 0 Å². The summed E-state index contributed by atoms with van der Waals surface area (Å²) in [5, 5.41) is 13.8. The zero-order valence-corrected chi connectivity index (χ0v) is 17.6. The van der Waals surface area contributed by atoms with Gasteiger partial charge in [0, 0.05) is 42.4 Å². The molecule has 2 aromatic carbocycles. The van der Waals surface area contributed by atoms with E-state index in [1.54, 1.807) is 31.2 Å². The van der Waals surface area contributed by atoms with Crippen molar-refractivity contribution in [2.24, 2.45) is 5.92 Å². The van der Waals surface area contributed by atoms with Crippen molar-refractivity contribution < 1.29 is 28.7 Å². The van der Waals surface area contributed by atoms with Crippen molar-refractivity contribution in [1.82, 2.24) is 0 Å². The van der Waals surface area contributed by atoms with Crippen LogP contribution in [0.15, 0.2) is 30.3 Å². The second-order valence-corrected chi connectivity index (χ2v) is 7.04. The molecule has 1 aliphatic rings. The Morgan fingerprint density at radius 2 is 1.77 bits per heavy atom. The van der Waals surface area contributed by atoms with Crippen LogP contribution in [0.4, 0.5) is 17.1 Å². The third kappa shape index (κ3) is 4.37. The second kappa shape index (κ2) is 8.90. The van der Waals surface area contributed by atoms with E-state index in [2.05, 4.69) is 5.32 Å². The first-order valence-electron chi connectivity index (χ1n) is 9.45. The van der Waals surface area contributed by atoms with Crippen LogP contribution in [-0.2, 0) is 9.59 Å². The van der Waals surface area contributed by atoms with Crippen molar-refractivity contribution in [2.45, 2.75) is 13.3 Å². The molecule has 1 aliphatic heterocycles. The monoisotopic (exact) mass is 429 g/mol. The predicted molar refractivity (Wildman–Crippen MR) is 113 cm³/mol. The molecular formula is C21H23N3O7. The zero-order valence-electron chi connectivity index (χ0n) is 17.6. The average molecular weight is 429 g/mol. The Bertz CT molecular complexity index is 1010. The number of nitro benzene ring substituents is 1. The number of ether oxygens (including phenoxy) is 3. The Balaban J connectivity index is 1.80. The van der Waals surface area contributed by atoms with Crippen molar-refractivity contribution in [3.63, 3.8) is 0 Å². The van der Waals surface area contributed by atoms with Gasteiger partial charge in [0.25, 0.3) is 5.69 Å². The number of nitrogens with one attached hydrogen (secondary N) is 1. The summed E-state index contributed by atoms with van der Waals surface area (Å²) in [4.78, 5) is 37.4. The lowest BCUT2D eigenvalue weighted by Crippen LogP contribution is -2.28. The minimum atomic E-state index is -0.619. The number of rotatable bonds is 7. The fourth-order valence-electron chi connectivity index (χ4n) is 3.48. The third-order valence-corrected chi connectivity index (χ3v) is 5.13. The largest absolute Gasteiger partial charge is 0.493 e. The van der Waals surface area contributed by atoms with E-state index < -0.39 is 10.8 Å². The van der Waals surface area contributed by atoms with E-state index >= 15 is 0 Å². The molecule has 0 aliphatic carbocycles. The normalized spacial score (nSPS) is 15.5. The molecule has 2 aromatic rings. The molecule has 10 heteroatoms. The average Bonchev–Trinajstić information content (AvgIpc) is 3.15. The first kappa shape index (κ1) is 21.9. The molecule has 1 unspecified atom stereocenters. The molecular weight excluding hydrogens is 406 g/mol. The van der Waals surface area contributed by atoms with Gasteiger partial charge >= 0.3 is 0 Å². The van der Waals surface area contributed by atoms with E-state index in [-0.39, 0.29) is 30.5 Å². The van der Waals surface area contributed by atoms with E-state index in [0.29, 0.717) is 34.2 Å². The van der Waals surface area contributed by atoms with Gasteiger partial charge in [0.15, 0.2) is 11.5 Å². The van der Waals surface area contributed by atoms with E-state index in [1.807, 2.05) is 0 Å². The number of carbonyl (C=O) groups excluding carboxylic acids is 2. The van der Waals surface area contributed by atoms with Crippen molar-refractivity contribution in [1.29, 1.82) is 0 Å². The summed E-state index contributed by atoms with van der Waals surface area (Å²) < 4.78 is 16.0. The minimum absolute atomic E-state index is 0.0104. The number of hydrogen-bond donors (Lipinski definition) is 1. The number of methoxy groups -OCH3 is 3. The SMILES string of the molecule is COc1cc(N2CC(C(=O)Nc3ccc(C)c([N+](=O)[O-])c3)CC2=O)cc(OC)c1OC. The molecule has 0 saturated carbocycles. The second-order valence-electron chi connectivity index (χ2n) is 7.04. The lowest BCUT2D eigenvalue weighted by atomic mass is 10.1. The minimum Gasteiger partial charge on any atom is -0.493 e. The molecule has 31 heavy (non-hydrogen) atoms. The van der Waals surface area contributed by atoms with Gasteiger partial charge in [-0.05, 0) is 13.0 Å². The van der Waals surface area contributed by atoms with Crippen LogP contribution in [0.1, 0.15) is 12.0 Å². The summed E-state index contributed by atoms with van der Waals surface area (Å²) >= 11 is 0. The van der Waals surface area contributed by atoms with Gasteiger partial charge in [-0.15, -0.1) is 0 Å². The quantitative estimate of drug-likeness (QED) is 0.531. The molecule has 164 valence electrons.